The van der Waals surface area contributed by atoms with Crippen LogP contribution >= 0.6 is 12.2 Å². The number of anilines is 1. The van der Waals surface area contributed by atoms with Crippen molar-refractivity contribution in [1.29, 1.82) is 0 Å². The molecule has 0 spiro atoms. The van der Waals surface area contributed by atoms with Crippen molar-refractivity contribution < 1.29 is 23.9 Å². The highest BCUT2D eigenvalue weighted by Gasteiger charge is 2.32. The van der Waals surface area contributed by atoms with Gasteiger partial charge in [-0.2, -0.15) is 0 Å². The molecule has 2 aromatic carbocycles. The zero-order chi connectivity index (χ0) is 31.0. The molecule has 1 aliphatic heterocycles. The number of thiocarbonyl (C=S) groups is 1. The third-order valence-electron chi connectivity index (χ3n) is 7.12. The number of benzene rings is 2. The Balaban J connectivity index is 1.72. The van der Waals surface area contributed by atoms with Crippen LogP contribution in [-0.2, 0) is 16.0 Å². The second-order valence-electron chi connectivity index (χ2n) is 11.4. The maximum atomic E-state index is 13.4. The second-order valence-corrected chi connectivity index (χ2v) is 11.8. The molecule has 2 amide bonds. The Morgan fingerprint density at radius 1 is 1.02 bits per heavy atom. The molecule has 4 rings (SSSR count). The standard InChI is InChI=1S/C33H40N4O5S/c1-5-41-30(39)28-27(19-20-34-28)37(31(43)35-29(38)23-14-8-6-9-15-23)22-24-16-11-12-17-25(24)26-18-10-7-13-21-36(26)32(40)42-33(2,3)4/h6,8-9,11-12,14-17,19-20,26,34H,5,7,10,13,18,21-22H2,1-4H3,(H,35,38,43). The molecule has 1 unspecified atom stereocenters. The first kappa shape index (κ1) is 31.7. The number of nitrogens with zero attached hydrogens (tertiary/aromatic N) is 2. The lowest BCUT2D eigenvalue weighted by Gasteiger charge is -2.34. The van der Waals surface area contributed by atoms with Crippen LogP contribution in [0.25, 0.3) is 0 Å². The number of carbonyl (C=O) groups excluding carboxylic acids is 3. The fourth-order valence-corrected chi connectivity index (χ4v) is 5.45. The third kappa shape index (κ3) is 8.22. The highest BCUT2D eigenvalue weighted by atomic mass is 32.1. The Labute approximate surface area is 258 Å². The van der Waals surface area contributed by atoms with E-state index in [9.17, 15) is 14.4 Å². The molecule has 2 heterocycles. The number of hydrogen-bond acceptors (Lipinski definition) is 6. The first-order chi connectivity index (χ1) is 20.6. The molecule has 228 valence electrons. The summed E-state index contributed by atoms with van der Waals surface area (Å²) >= 11 is 5.80. The molecular weight excluding hydrogens is 564 g/mol. The molecule has 1 aliphatic rings. The maximum absolute atomic E-state index is 13.4. The van der Waals surface area contributed by atoms with Crippen molar-refractivity contribution in [3.8, 4) is 0 Å². The molecule has 0 aliphatic carbocycles. The molecular formula is C33H40N4O5S. The highest BCUT2D eigenvalue weighted by molar-refractivity contribution is 7.80. The van der Waals surface area contributed by atoms with Gasteiger partial charge in [0.15, 0.2) is 5.11 Å². The molecule has 0 radical (unpaired) electrons. The van der Waals surface area contributed by atoms with Crippen LogP contribution in [0.3, 0.4) is 0 Å². The molecule has 1 aromatic heterocycles. The maximum Gasteiger partial charge on any atom is 0.410 e. The fraction of sp³-hybridized carbons (Fsp3) is 0.394. The van der Waals surface area contributed by atoms with E-state index in [0.717, 1.165) is 36.8 Å². The van der Waals surface area contributed by atoms with Gasteiger partial charge in [0, 0.05) is 18.3 Å². The van der Waals surface area contributed by atoms with Gasteiger partial charge < -0.3 is 24.3 Å². The molecule has 1 fully saturated rings. The van der Waals surface area contributed by atoms with Crippen molar-refractivity contribution in [3.05, 3.63) is 89.2 Å². The van der Waals surface area contributed by atoms with Crippen molar-refractivity contribution in [3.63, 3.8) is 0 Å². The Hall–Kier alpha value is -4.18. The van der Waals surface area contributed by atoms with E-state index in [1.54, 1.807) is 48.4 Å². The number of aromatic nitrogens is 1. The number of ether oxygens (including phenoxy) is 2. The van der Waals surface area contributed by atoms with Crippen LogP contribution in [0.1, 0.15) is 91.4 Å². The number of esters is 1. The number of amides is 2. The Morgan fingerprint density at radius 3 is 2.47 bits per heavy atom. The lowest BCUT2D eigenvalue weighted by atomic mass is 9.95. The van der Waals surface area contributed by atoms with Crippen LogP contribution in [0.5, 0.6) is 0 Å². The van der Waals surface area contributed by atoms with Gasteiger partial charge in [-0.05, 0) is 82.1 Å². The Morgan fingerprint density at radius 2 is 1.74 bits per heavy atom. The summed E-state index contributed by atoms with van der Waals surface area (Å²) in [7, 11) is 0. The van der Waals surface area contributed by atoms with Crippen molar-refractivity contribution in [2.45, 2.75) is 71.6 Å². The Bertz CT molecular complexity index is 1430. The number of aromatic amines is 1. The number of nitrogens with one attached hydrogen (secondary N) is 2. The number of H-pyrrole nitrogens is 1. The van der Waals surface area contributed by atoms with Gasteiger partial charge in [-0.3, -0.25) is 10.1 Å². The van der Waals surface area contributed by atoms with Crippen LogP contribution in [0.2, 0.25) is 0 Å². The zero-order valence-corrected chi connectivity index (χ0v) is 26.0. The quantitative estimate of drug-likeness (QED) is 0.227. The highest BCUT2D eigenvalue weighted by Crippen LogP contribution is 2.35. The van der Waals surface area contributed by atoms with Crippen LogP contribution in [0.15, 0.2) is 66.9 Å². The molecule has 1 atom stereocenters. The summed E-state index contributed by atoms with van der Waals surface area (Å²) < 4.78 is 11.1. The van der Waals surface area contributed by atoms with Gasteiger partial charge in [0.2, 0.25) is 0 Å². The minimum atomic E-state index is -0.620. The van der Waals surface area contributed by atoms with Crippen LogP contribution in [0.4, 0.5) is 10.5 Å². The van der Waals surface area contributed by atoms with Gasteiger partial charge in [-0.25, -0.2) is 9.59 Å². The summed E-state index contributed by atoms with van der Waals surface area (Å²) in [5.41, 5.74) is 2.39. The topological polar surface area (TPSA) is 104 Å². The van der Waals surface area contributed by atoms with E-state index < -0.39 is 11.6 Å². The average Bonchev–Trinajstić information content (AvgIpc) is 3.32. The molecule has 1 saturated heterocycles. The largest absolute Gasteiger partial charge is 0.461 e. The number of rotatable bonds is 7. The van der Waals surface area contributed by atoms with Crippen LogP contribution in [0, 0.1) is 0 Å². The van der Waals surface area contributed by atoms with E-state index >= 15 is 0 Å². The summed E-state index contributed by atoms with van der Waals surface area (Å²) in [5.74, 6) is -0.894. The number of hydrogen-bond donors (Lipinski definition) is 2. The molecule has 43 heavy (non-hydrogen) atoms. The minimum absolute atomic E-state index is 0.124. The minimum Gasteiger partial charge on any atom is -0.461 e. The zero-order valence-electron chi connectivity index (χ0n) is 25.2. The molecule has 10 heteroatoms. The molecule has 0 saturated carbocycles. The van der Waals surface area contributed by atoms with E-state index in [1.165, 1.54) is 0 Å². The monoisotopic (exact) mass is 604 g/mol. The summed E-state index contributed by atoms with van der Waals surface area (Å²) in [6.07, 6.45) is 4.96. The number of likely N-dealkylation sites (tertiary alicyclic amines) is 1. The Kier molecular flexibility index (Phi) is 10.6. The predicted molar refractivity (Wildman–Crippen MR) is 170 cm³/mol. The first-order valence-electron chi connectivity index (χ1n) is 14.7. The van der Waals surface area contributed by atoms with Crippen molar-refractivity contribution in [2.75, 3.05) is 18.1 Å². The summed E-state index contributed by atoms with van der Waals surface area (Å²) in [6.45, 7) is 8.37. The van der Waals surface area contributed by atoms with Gasteiger partial charge in [0.25, 0.3) is 5.91 Å². The molecule has 9 nitrogen and oxygen atoms in total. The van der Waals surface area contributed by atoms with Crippen molar-refractivity contribution in [1.82, 2.24) is 15.2 Å². The van der Waals surface area contributed by atoms with Crippen molar-refractivity contribution >= 4 is 41.0 Å². The molecule has 3 aromatic rings. The lowest BCUT2D eigenvalue weighted by Crippen LogP contribution is -2.43. The first-order valence-corrected chi connectivity index (χ1v) is 15.1. The lowest BCUT2D eigenvalue weighted by molar-refractivity contribution is 0.0162. The van der Waals surface area contributed by atoms with E-state index in [4.69, 9.17) is 21.7 Å². The van der Waals surface area contributed by atoms with E-state index in [0.29, 0.717) is 17.8 Å². The van der Waals surface area contributed by atoms with Gasteiger partial charge in [0.1, 0.15) is 11.3 Å². The average molecular weight is 605 g/mol. The predicted octanol–water partition coefficient (Wildman–Crippen LogP) is 6.77. The fourth-order valence-electron chi connectivity index (χ4n) is 5.19. The van der Waals surface area contributed by atoms with E-state index in [2.05, 4.69) is 10.3 Å². The molecule has 0 bridgehead atoms. The van der Waals surface area contributed by atoms with Gasteiger partial charge >= 0.3 is 12.1 Å². The summed E-state index contributed by atoms with van der Waals surface area (Å²) in [5, 5.41) is 2.96. The van der Waals surface area contributed by atoms with Crippen molar-refractivity contribution in [2.24, 2.45) is 0 Å². The SMILES string of the molecule is CCOC(=O)c1[nH]ccc1N(Cc1ccccc1C1CCCCCN1C(=O)OC(C)(C)C)C(=S)NC(=O)c1ccccc1. The number of carbonyl (C=O) groups is 3. The summed E-state index contributed by atoms with van der Waals surface area (Å²) in [4.78, 5) is 45.9. The van der Waals surface area contributed by atoms with Crippen LogP contribution < -0.4 is 10.2 Å². The van der Waals surface area contributed by atoms with Gasteiger partial charge in [0.05, 0.1) is 24.9 Å². The van der Waals surface area contributed by atoms with Gasteiger partial charge in [-0.1, -0.05) is 55.3 Å². The normalized spacial score (nSPS) is 15.3. The smallest absolute Gasteiger partial charge is 0.410 e. The van der Waals surface area contributed by atoms with Gasteiger partial charge in [-0.15, -0.1) is 0 Å². The van der Waals surface area contributed by atoms with E-state index in [1.807, 2.05) is 56.0 Å². The van der Waals surface area contributed by atoms with E-state index in [-0.39, 0.29) is 42.0 Å². The third-order valence-corrected chi connectivity index (χ3v) is 7.44. The summed E-state index contributed by atoms with van der Waals surface area (Å²) in [6, 6.07) is 18.2. The van der Waals surface area contributed by atoms with Crippen LogP contribution in [-0.4, -0.2) is 51.7 Å². The molecule has 2 N–H and O–H groups in total. The second kappa shape index (κ2) is 14.3.